The van der Waals surface area contributed by atoms with Crippen LogP contribution in [0.15, 0.2) is 22.8 Å². The van der Waals surface area contributed by atoms with E-state index in [2.05, 4.69) is 106 Å². The van der Waals surface area contributed by atoms with Crippen LogP contribution in [0.4, 0.5) is 0 Å². The molecule has 0 bridgehead atoms. The van der Waals surface area contributed by atoms with Gasteiger partial charge in [-0.1, -0.05) is 73.3 Å². The highest BCUT2D eigenvalue weighted by atomic mass is 28.4. The normalized spacial score (nSPS) is 31.4. The molecule has 3 aliphatic carbocycles. The van der Waals surface area contributed by atoms with Crippen LogP contribution in [0.3, 0.4) is 0 Å². The van der Waals surface area contributed by atoms with Gasteiger partial charge in [0, 0.05) is 30.6 Å². The number of hydrogen-bond acceptors (Lipinski definition) is 3. The van der Waals surface area contributed by atoms with E-state index in [1.54, 1.807) is 0 Å². The first-order valence-corrected chi connectivity index (χ1v) is 21.4. The van der Waals surface area contributed by atoms with Crippen molar-refractivity contribution in [1.82, 2.24) is 0 Å². The Labute approximate surface area is 243 Å². The quantitative estimate of drug-likeness (QED) is 0.255. The monoisotopic (exact) mass is 572 g/mol. The summed E-state index contributed by atoms with van der Waals surface area (Å²) in [7, 11) is -3.87. The molecule has 3 aliphatic rings. The molecule has 0 spiro atoms. The molecule has 5 heteroatoms. The summed E-state index contributed by atoms with van der Waals surface area (Å²) in [6, 6.07) is 0. The third-order valence-corrected chi connectivity index (χ3v) is 20.6. The standard InChI is InChI=1S/C34H60O3Si2/c1-24(23-35)29-18-19-30-26(15-14-20-34(29,30)9)16-17-27-21-28(36-38(10,11)32(3,4)5)22-31(25(27)2)37-39(12,13)33(6,7)8/h15,24,28-31,35H,14,18-23H2,1-13H3/t24?,28-,29-,30?,31+,34-/m1/s1. The maximum atomic E-state index is 9.91. The SMILES string of the molecule is CC1=C(C#CC2=CCC[C@@]3(C)C2CC[C@@H]3C(C)CO)C[C@@H](O[Si](C)(C)C(C)(C)C)C[C@@H]1O[Si](C)(C)C(C)(C)C. The van der Waals surface area contributed by atoms with Crippen LogP contribution >= 0.6 is 0 Å². The molecule has 1 fully saturated rings. The average molecular weight is 573 g/mol. The van der Waals surface area contributed by atoms with Crippen LogP contribution in [-0.2, 0) is 8.85 Å². The highest BCUT2D eigenvalue weighted by Gasteiger charge is 2.50. The van der Waals surface area contributed by atoms with Gasteiger partial charge in [-0.25, -0.2) is 0 Å². The van der Waals surface area contributed by atoms with Crippen LogP contribution in [0.1, 0.15) is 101 Å². The van der Waals surface area contributed by atoms with Crippen molar-refractivity contribution in [3.63, 3.8) is 0 Å². The van der Waals surface area contributed by atoms with Crippen molar-refractivity contribution in [2.45, 2.75) is 149 Å². The first kappa shape index (κ1) is 32.9. The highest BCUT2D eigenvalue weighted by Crippen LogP contribution is 2.58. The van der Waals surface area contributed by atoms with E-state index in [-0.39, 0.29) is 34.3 Å². The van der Waals surface area contributed by atoms with Gasteiger partial charge in [0.05, 0.1) is 12.2 Å². The molecule has 222 valence electrons. The van der Waals surface area contributed by atoms with E-state index >= 15 is 0 Å². The van der Waals surface area contributed by atoms with Crippen molar-refractivity contribution in [3.8, 4) is 11.8 Å². The maximum Gasteiger partial charge on any atom is 0.192 e. The highest BCUT2D eigenvalue weighted by molar-refractivity contribution is 6.74. The van der Waals surface area contributed by atoms with Crippen LogP contribution in [0.2, 0.25) is 36.3 Å². The average Bonchev–Trinajstić information content (AvgIpc) is 3.15. The van der Waals surface area contributed by atoms with Crippen molar-refractivity contribution in [2.24, 2.45) is 23.2 Å². The molecule has 0 aromatic rings. The smallest absolute Gasteiger partial charge is 0.192 e. The fourth-order valence-electron chi connectivity index (χ4n) is 6.75. The molecule has 1 saturated carbocycles. The van der Waals surface area contributed by atoms with Crippen molar-refractivity contribution in [3.05, 3.63) is 22.8 Å². The zero-order valence-corrected chi connectivity index (χ0v) is 29.7. The van der Waals surface area contributed by atoms with Gasteiger partial charge < -0.3 is 14.0 Å². The topological polar surface area (TPSA) is 38.7 Å². The van der Waals surface area contributed by atoms with Gasteiger partial charge in [0.1, 0.15) is 0 Å². The second-order valence-electron chi connectivity index (χ2n) is 16.3. The fraction of sp³-hybridized carbons (Fsp3) is 0.824. The van der Waals surface area contributed by atoms with E-state index in [0.717, 1.165) is 19.3 Å². The predicted molar refractivity (Wildman–Crippen MR) is 172 cm³/mol. The fourth-order valence-corrected chi connectivity index (χ4v) is 9.45. The van der Waals surface area contributed by atoms with Crippen molar-refractivity contribution < 1.29 is 14.0 Å². The predicted octanol–water partition coefficient (Wildman–Crippen LogP) is 9.26. The Morgan fingerprint density at radius 3 is 2.15 bits per heavy atom. The van der Waals surface area contributed by atoms with E-state index in [0.29, 0.717) is 17.8 Å². The number of allylic oxidation sites excluding steroid dienone is 2. The van der Waals surface area contributed by atoms with Gasteiger partial charge in [-0.15, -0.1) is 0 Å². The largest absolute Gasteiger partial charge is 0.413 e. The molecule has 0 radical (unpaired) electrons. The molecule has 39 heavy (non-hydrogen) atoms. The third kappa shape index (κ3) is 6.88. The van der Waals surface area contributed by atoms with Gasteiger partial charge in [-0.3, -0.25) is 0 Å². The molecule has 1 N–H and O–H groups in total. The Morgan fingerprint density at radius 2 is 1.59 bits per heavy atom. The minimum Gasteiger partial charge on any atom is -0.413 e. The van der Waals surface area contributed by atoms with Crippen LogP contribution < -0.4 is 0 Å². The second-order valence-corrected chi connectivity index (χ2v) is 25.8. The Bertz CT molecular complexity index is 1010. The summed E-state index contributed by atoms with van der Waals surface area (Å²) < 4.78 is 14.1. The molecule has 6 atom stereocenters. The van der Waals surface area contributed by atoms with E-state index < -0.39 is 16.6 Å². The molecule has 3 rings (SSSR count). The summed E-state index contributed by atoms with van der Waals surface area (Å²) in [6.45, 7) is 30.6. The Hall–Kier alpha value is -0.646. The first-order chi connectivity index (χ1) is 17.7. The number of hydrogen-bond donors (Lipinski definition) is 1. The lowest BCUT2D eigenvalue weighted by molar-refractivity contribution is 0.0796. The van der Waals surface area contributed by atoms with Gasteiger partial charge in [0.25, 0.3) is 0 Å². The summed E-state index contributed by atoms with van der Waals surface area (Å²) in [6.07, 6.45) is 9.17. The zero-order valence-electron chi connectivity index (χ0n) is 27.7. The van der Waals surface area contributed by atoms with E-state index in [1.807, 2.05) is 0 Å². The van der Waals surface area contributed by atoms with Crippen molar-refractivity contribution in [1.29, 1.82) is 0 Å². The van der Waals surface area contributed by atoms with Gasteiger partial charge >= 0.3 is 0 Å². The molecule has 2 unspecified atom stereocenters. The molecule has 0 heterocycles. The molecular weight excluding hydrogens is 513 g/mol. The Kier molecular flexibility index (Phi) is 9.74. The third-order valence-electron chi connectivity index (χ3n) is 11.5. The minimum atomic E-state index is -1.95. The van der Waals surface area contributed by atoms with E-state index in [4.69, 9.17) is 8.85 Å². The summed E-state index contributed by atoms with van der Waals surface area (Å²) in [4.78, 5) is 0. The van der Waals surface area contributed by atoms with E-state index in [9.17, 15) is 5.11 Å². The molecular formula is C34H60O3Si2. The molecule has 0 aliphatic heterocycles. The van der Waals surface area contributed by atoms with Gasteiger partial charge in [0.2, 0.25) is 0 Å². The second kappa shape index (κ2) is 11.6. The Balaban J connectivity index is 1.94. The van der Waals surface area contributed by atoms with Crippen molar-refractivity contribution >= 4 is 16.6 Å². The number of aliphatic hydroxyl groups is 1. The molecule has 3 nitrogen and oxygen atoms in total. The zero-order chi connectivity index (χ0) is 29.6. The number of fused-ring (bicyclic) bond motifs is 1. The first-order valence-electron chi connectivity index (χ1n) is 15.6. The van der Waals surface area contributed by atoms with Crippen molar-refractivity contribution in [2.75, 3.05) is 6.61 Å². The van der Waals surface area contributed by atoms with Gasteiger partial charge in [-0.05, 0) is 97.6 Å². The van der Waals surface area contributed by atoms with Crippen LogP contribution in [0, 0.1) is 35.0 Å². The summed E-state index contributed by atoms with van der Waals surface area (Å²) in [5.41, 5.74) is 4.14. The molecule has 0 saturated heterocycles. The van der Waals surface area contributed by atoms with Gasteiger partial charge in [0.15, 0.2) is 16.6 Å². The van der Waals surface area contributed by atoms with Crippen LogP contribution in [-0.4, -0.2) is 40.6 Å². The minimum absolute atomic E-state index is 0.0746. The lowest BCUT2D eigenvalue weighted by atomic mass is 9.62. The van der Waals surface area contributed by atoms with E-state index in [1.165, 1.54) is 36.0 Å². The van der Waals surface area contributed by atoms with Crippen LogP contribution in [0.5, 0.6) is 0 Å². The molecule has 0 aromatic carbocycles. The molecule has 0 amide bonds. The number of rotatable bonds is 6. The summed E-state index contributed by atoms with van der Waals surface area (Å²) in [5.74, 6) is 8.90. The lowest BCUT2D eigenvalue weighted by Crippen LogP contribution is -2.49. The van der Waals surface area contributed by atoms with Gasteiger partial charge in [-0.2, -0.15) is 0 Å². The van der Waals surface area contributed by atoms with Crippen LogP contribution in [0.25, 0.3) is 0 Å². The number of aliphatic hydroxyl groups excluding tert-OH is 1. The Morgan fingerprint density at radius 1 is 1.00 bits per heavy atom. The summed E-state index contributed by atoms with van der Waals surface area (Å²) in [5, 5.41) is 10.2. The lowest BCUT2D eigenvalue weighted by Gasteiger charge is -2.45. The molecule has 0 aromatic heterocycles. The maximum absolute atomic E-state index is 9.91. The summed E-state index contributed by atoms with van der Waals surface area (Å²) >= 11 is 0.